The molecule has 0 aliphatic carbocycles. The molecule has 6 heteroatoms. The number of carbonyl (C=O) groups excluding carboxylic acids is 1. The minimum Gasteiger partial charge on any atom is -0.497 e. The molecule has 0 amide bonds. The molecule has 0 atom stereocenters. The highest BCUT2D eigenvalue weighted by Crippen LogP contribution is 2.24. The Bertz CT molecular complexity index is 681. The smallest absolute Gasteiger partial charge is 0.354 e. The van der Waals surface area contributed by atoms with E-state index in [1.54, 1.807) is 25.1 Å². The molecule has 0 unspecified atom stereocenters. The first-order valence-electron chi connectivity index (χ1n) is 5.96. The maximum Gasteiger partial charge on any atom is 0.354 e. The van der Waals surface area contributed by atoms with E-state index >= 15 is 0 Å². The molecule has 2 rings (SSSR count). The third-order valence-electron chi connectivity index (χ3n) is 2.73. The summed E-state index contributed by atoms with van der Waals surface area (Å²) in [7, 11) is 1.49. The number of hydrogen-bond donors (Lipinski definition) is 1. The molecule has 0 spiro atoms. The summed E-state index contributed by atoms with van der Waals surface area (Å²) in [6.45, 7) is 1.89. The van der Waals surface area contributed by atoms with E-state index in [2.05, 4.69) is 4.98 Å². The van der Waals surface area contributed by atoms with Crippen molar-refractivity contribution >= 4 is 22.8 Å². The van der Waals surface area contributed by atoms with Gasteiger partial charge in [0.1, 0.15) is 11.4 Å². The molecule has 0 saturated heterocycles. The van der Waals surface area contributed by atoms with Crippen molar-refractivity contribution in [2.75, 3.05) is 13.7 Å². The van der Waals surface area contributed by atoms with Crippen LogP contribution in [-0.2, 0) is 4.74 Å². The fourth-order valence-corrected chi connectivity index (χ4v) is 1.82. The van der Waals surface area contributed by atoms with E-state index in [9.17, 15) is 9.59 Å². The van der Waals surface area contributed by atoms with Crippen molar-refractivity contribution in [3.05, 3.63) is 35.5 Å². The van der Waals surface area contributed by atoms with Gasteiger partial charge in [-0.1, -0.05) is 0 Å². The molecule has 1 N–H and O–H groups in total. The van der Waals surface area contributed by atoms with Crippen LogP contribution in [0.25, 0.3) is 10.9 Å². The van der Waals surface area contributed by atoms with Gasteiger partial charge in [-0.15, -0.1) is 0 Å². The molecule has 0 aliphatic rings. The molecular weight excluding hydrogens is 262 g/mol. The topological polar surface area (TPSA) is 85.7 Å². The Hall–Kier alpha value is -2.63. The predicted octanol–water partition coefficient (Wildman–Crippen LogP) is 2.12. The van der Waals surface area contributed by atoms with Crippen LogP contribution in [0.1, 0.15) is 27.8 Å². The molecule has 1 aromatic carbocycles. The highest BCUT2D eigenvalue weighted by atomic mass is 16.5. The van der Waals surface area contributed by atoms with Gasteiger partial charge in [-0.3, -0.25) is 0 Å². The first kappa shape index (κ1) is 13.8. The van der Waals surface area contributed by atoms with Crippen LogP contribution in [0.3, 0.4) is 0 Å². The van der Waals surface area contributed by atoms with Crippen molar-refractivity contribution in [1.82, 2.24) is 4.98 Å². The predicted molar refractivity (Wildman–Crippen MR) is 71.2 cm³/mol. The highest BCUT2D eigenvalue weighted by molar-refractivity contribution is 6.05. The Kier molecular flexibility index (Phi) is 3.84. The van der Waals surface area contributed by atoms with E-state index in [4.69, 9.17) is 14.6 Å². The monoisotopic (exact) mass is 275 g/mol. The SMILES string of the molecule is CCOC(=O)c1cc(C(=O)O)nc2cc(OC)ccc12. The number of hydrogen-bond acceptors (Lipinski definition) is 5. The Morgan fingerprint density at radius 2 is 2.05 bits per heavy atom. The molecule has 0 fully saturated rings. The zero-order valence-electron chi connectivity index (χ0n) is 11.0. The van der Waals surface area contributed by atoms with E-state index in [1.807, 2.05) is 0 Å². The number of rotatable bonds is 4. The maximum atomic E-state index is 11.9. The van der Waals surface area contributed by atoms with E-state index in [-0.39, 0.29) is 17.9 Å². The standard InChI is InChI=1S/C14H13NO5/c1-3-20-14(18)10-7-12(13(16)17)15-11-6-8(19-2)4-5-9(10)11/h4-7H,3H2,1-2H3,(H,16,17). The number of carboxylic acid groups (broad SMARTS) is 1. The van der Waals surface area contributed by atoms with Crippen LogP contribution in [0.2, 0.25) is 0 Å². The Balaban J connectivity index is 2.70. The lowest BCUT2D eigenvalue weighted by molar-refractivity contribution is 0.0528. The molecule has 6 nitrogen and oxygen atoms in total. The summed E-state index contributed by atoms with van der Waals surface area (Å²) in [5, 5.41) is 9.58. The van der Waals surface area contributed by atoms with Crippen LogP contribution >= 0.6 is 0 Å². The lowest BCUT2D eigenvalue weighted by Gasteiger charge is -2.08. The van der Waals surface area contributed by atoms with Crippen LogP contribution in [0.15, 0.2) is 24.3 Å². The van der Waals surface area contributed by atoms with E-state index in [0.29, 0.717) is 16.7 Å². The quantitative estimate of drug-likeness (QED) is 0.860. The second-order valence-corrected chi connectivity index (χ2v) is 3.96. The Morgan fingerprint density at radius 3 is 2.65 bits per heavy atom. The molecule has 0 saturated carbocycles. The summed E-state index contributed by atoms with van der Waals surface area (Å²) in [5.41, 5.74) is 0.331. The number of methoxy groups -OCH3 is 1. The zero-order valence-corrected chi connectivity index (χ0v) is 11.0. The zero-order chi connectivity index (χ0) is 14.7. The third kappa shape index (κ3) is 2.54. The fourth-order valence-electron chi connectivity index (χ4n) is 1.82. The average Bonchev–Trinajstić information content (AvgIpc) is 2.45. The summed E-state index contributed by atoms with van der Waals surface area (Å²) in [5.74, 6) is -1.25. The van der Waals surface area contributed by atoms with Gasteiger partial charge in [0.25, 0.3) is 0 Å². The molecule has 1 aromatic heterocycles. The van der Waals surface area contributed by atoms with E-state index in [0.717, 1.165) is 0 Å². The van der Waals surface area contributed by atoms with Gasteiger partial charge in [-0.05, 0) is 25.1 Å². The van der Waals surface area contributed by atoms with Gasteiger partial charge in [0.15, 0.2) is 0 Å². The van der Waals surface area contributed by atoms with Gasteiger partial charge in [-0.2, -0.15) is 0 Å². The summed E-state index contributed by atoms with van der Waals surface area (Å²) in [4.78, 5) is 27.0. The molecular formula is C14H13NO5. The summed E-state index contributed by atoms with van der Waals surface area (Å²) < 4.78 is 10.0. The number of nitrogens with zero attached hydrogens (tertiary/aromatic N) is 1. The minimum atomic E-state index is -1.21. The second-order valence-electron chi connectivity index (χ2n) is 3.96. The first-order chi connectivity index (χ1) is 9.56. The molecule has 0 bridgehead atoms. The lowest BCUT2D eigenvalue weighted by atomic mass is 10.1. The Labute approximate surface area is 115 Å². The Morgan fingerprint density at radius 1 is 1.30 bits per heavy atom. The lowest BCUT2D eigenvalue weighted by Crippen LogP contribution is -2.09. The number of aromatic carboxylic acids is 1. The van der Waals surface area contributed by atoms with Gasteiger partial charge in [-0.25, -0.2) is 14.6 Å². The van der Waals surface area contributed by atoms with Gasteiger partial charge < -0.3 is 14.6 Å². The van der Waals surface area contributed by atoms with Crippen molar-refractivity contribution < 1.29 is 24.2 Å². The van der Waals surface area contributed by atoms with Gasteiger partial charge >= 0.3 is 11.9 Å². The minimum absolute atomic E-state index is 0.178. The maximum absolute atomic E-state index is 11.9. The number of carbonyl (C=O) groups is 2. The molecule has 2 aromatic rings. The van der Waals surface area contributed by atoms with Crippen molar-refractivity contribution in [3.8, 4) is 5.75 Å². The number of aromatic nitrogens is 1. The summed E-state index contributed by atoms with van der Waals surface area (Å²) in [6.07, 6.45) is 0. The van der Waals surface area contributed by atoms with Crippen molar-refractivity contribution in [1.29, 1.82) is 0 Å². The fraction of sp³-hybridized carbons (Fsp3) is 0.214. The average molecular weight is 275 g/mol. The molecule has 1 heterocycles. The molecule has 20 heavy (non-hydrogen) atoms. The number of pyridine rings is 1. The number of ether oxygens (including phenoxy) is 2. The number of carboxylic acids is 1. The molecule has 0 radical (unpaired) electrons. The second kappa shape index (κ2) is 5.56. The summed E-state index contributed by atoms with van der Waals surface area (Å²) >= 11 is 0. The van der Waals surface area contributed by atoms with Crippen molar-refractivity contribution in [2.24, 2.45) is 0 Å². The number of benzene rings is 1. The summed E-state index contributed by atoms with van der Waals surface area (Å²) in [6, 6.07) is 6.12. The molecule has 104 valence electrons. The van der Waals surface area contributed by atoms with Gasteiger partial charge in [0.2, 0.25) is 0 Å². The largest absolute Gasteiger partial charge is 0.497 e. The van der Waals surface area contributed by atoms with E-state index in [1.165, 1.54) is 13.2 Å². The van der Waals surface area contributed by atoms with Crippen molar-refractivity contribution in [3.63, 3.8) is 0 Å². The third-order valence-corrected chi connectivity index (χ3v) is 2.73. The molecule has 0 aliphatic heterocycles. The van der Waals surface area contributed by atoms with Crippen LogP contribution < -0.4 is 4.74 Å². The highest BCUT2D eigenvalue weighted by Gasteiger charge is 2.17. The van der Waals surface area contributed by atoms with Crippen molar-refractivity contribution in [2.45, 2.75) is 6.92 Å². The van der Waals surface area contributed by atoms with Crippen LogP contribution in [-0.4, -0.2) is 35.7 Å². The number of fused-ring (bicyclic) bond motifs is 1. The first-order valence-corrected chi connectivity index (χ1v) is 5.96. The van der Waals surface area contributed by atoms with E-state index < -0.39 is 11.9 Å². The van der Waals surface area contributed by atoms with Crippen LogP contribution in [0, 0.1) is 0 Å². The normalized spacial score (nSPS) is 10.3. The van der Waals surface area contributed by atoms with Gasteiger partial charge in [0.05, 0.1) is 24.8 Å². The van der Waals surface area contributed by atoms with Gasteiger partial charge in [0, 0.05) is 11.5 Å². The van der Waals surface area contributed by atoms with Crippen LogP contribution in [0.4, 0.5) is 0 Å². The number of esters is 1. The van der Waals surface area contributed by atoms with Crippen LogP contribution in [0.5, 0.6) is 5.75 Å².